The normalized spacial score (nSPS) is 12.5. The van der Waals surface area contributed by atoms with E-state index in [1.807, 2.05) is 43.5 Å². The van der Waals surface area contributed by atoms with Crippen molar-refractivity contribution in [1.29, 1.82) is 0 Å². The van der Waals surface area contributed by atoms with Gasteiger partial charge in [0.1, 0.15) is 12.4 Å². The Kier molecular flexibility index (Phi) is 8.07. The van der Waals surface area contributed by atoms with E-state index in [2.05, 4.69) is 18.1 Å². The maximum absolute atomic E-state index is 13.2. The Labute approximate surface area is 237 Å². The number of carbonyl (C=O) groups is 2. The largest absolute Gasteiger partial charge is 0.493 e. The molecule has 0 saturated heterocycles. The first kappa shape index (κ1) is 27.3. The number of fused-ring (bicyclic) bond motifs is 1. The molecule has 3 aromatic carbocycles. The number of hydrogen-bond donors (Lipinski definition) is 1. The van der Waals surface area contributed by atoms with E-state index >= 15 is 0 Å². The lowest BCUT2D eigenvalue weighted by Gasteiger charge is -2.31. The van der Waals surface area contributed by atoms with Gasteiger partial charge >= 0.3 is 5.97 Å². The summed E-state index contributed by atoms with van der Waals surface area (Å²) < 4.78 is 13.7. The number of carboxylic acid groups (broad SMARTS) is 1. The van der Waals surface area contributed by atoms with E-state index in [9.17, 15) is 14.7 Å². The summed E-state index contributed by atoms with van der Waals surface area (Å²) in [6, 6.07) is 16.6. The second-order valence-corrected chi connectivity index (χ2v) is 10.1. The van der Waals surface area contributed by atoms with Crippen LogP contribution in [0, 0.1) is 13.8 Å². The number of nitrogens with zero attached hydrogens (tertiary/aromatic N) is 3. The number of hydrogen-bond acceptors (Lipinski definition) is 5. The van der Waals surface area contributed by atoms with E-state index in [0.717, 1.165) is 28.1 Å². The molecule has 5 rings (SSSR count). The SMILES string of the molecule is Cc1cccc(OCCCC(=O)N2CCOc3c(-c4cnn(Cc5cccc(C(=O)O)c5Cl)c4)cccc32)c1C. The molecule has 0 unspecified atom stereocenters. The topological polar surface area (TPSA) is 93.9 Å². The van der Waals surface area contributed by atoms with E-state index in [-0.39, 0.29) is 16.5 Å². The molecule has 0 atom stereocenters. The van der Waals surface area contributed by atoms with Crippen LogP contribution in [0.25, 0.3) is 11.1 Å². The van der Waals surface area contributed by atoms with Gasteiger partial charge in [-0.1, -0.05) is 48.0 Å². The number of carboxylic acids is 1. The Morgan fingerprint density at radius 2 is 1.90 bits per heavy atom. The molecule has 1 N–H and O–H groups in total. The van der Waals surface area contributed by atoms with Gasteiger partial charge in [-0.15, -0.1) is 0 Å². The van der Waals surface area contributed by atoms with Crippen molar-refractivity contribution in [3.8, 4) is 22.6 Å². The van der Waals surface area contributed by atoms with Gasteiger partial charge in [0.25, 0.3) is 0 Å². The summed E-state index contributed by atoms with van der Waals surface area (Å²) in [5.41, 5.74) is 5.37. The van der Waals surface area contributed by atoms with E-state index in [0.29, 0.717) is 50.5 Å². The lowest BCUT2D eigenvalue weighted by atomic mass is 10.1. The molecule has 2 heterocycles. The van der Waals surface area contributed by atoms with Crippen LogP contribution in [-0.2, 0) is 11.3 Å². The van der Waals surface area contributed by atoms with Gasteiger partial charge in [-0.2, -0.15) is 5.10 Å². The van der Waals surface area contributed by atoms with Crippen LogP contribution in [0.3, 0.4) is 0 Å². The van der Waals surface area contributed by atoms with Crippen molar-refractivity contribution in [1.82, 2.24) is 9.78 Å². The average molecular weight is 560 g/mol. The predicted octanol–water partition coefficient (Wildman–Crippen LogP) is 6.15. The summed E-state index contributed by atoms with van der Waals surface area (Å²) in [6.07, 6.45) is 4.55. The van der Waals surface area contributed by atoms with Gasteiger partial charge in [0.2, 0.25) is 5.91 Å². The molecular weight excluding hydrogens is 530 g/mol. The van der Waals surface area contributed by atoms with Crippen LogP contribution in [0.5, 0.6) is 11.5 Å². The molecule has 9 heteroatoms. The van der Waals surface area contributed by atoms with Crippen molar-refractivity contribution in [2.45, 2.75) is 33.2 Å². The van der Waals surface area contributed by atoms with Crippen molar-refractivity contribution in [2.75, 3.05) is 24.7 Å². The number of para-hydroxylation sites is 1. The number of aromatic carboxylic acids is 1. The summed E-state index contributed by atoms with van der Waals surface area (Å²) in [4.78, 5) is 26.4. The standard InChI is InChI=1S/C31H30ClN3O5/c1-20-7-3-12-27(21(20)2)39-15-6-13-28(36)35-14-16-40-30-24(9-5-11-26(30)35)23-17-33-34(19-23)18-22-8-4-10-25(29(22)32)31(37)38/h3-5,7-12,17,19H,6,13-16,18H2,1-2H3,(H,37,38). The van der Waals surface area contributed by atoms with Crippen molar-refractivity contribution in [3.05, 3.63) is 94.3 Å². The van der Waals surface area contributed by atoms with E-state index in [1.165, 1.54) is 11.6 Å². The Balaban J connectivity index is 1.27. The molecule has 1 aliphatic rings. The highest BCUT2D eigenvalue weighted by Gasteiger charge is 2.26. The average Bonchev–Trinajstić information content (AvgIpc) is 3.41. The monoisotopic (exact) mass is 559 g/mol. The highest BCUT2D eigenvalue weighted by Crippen LogP contribution is 2.41. The minimum absolute atomic E-state index is 0.0231. The zero-order valence-corrected chi connectivity index (χ0v) is 23.1. The van der Waals surface area contributed by atoms with Crippen LogP contribution in [0.15, 0.2) is 67.0 Å². The van der Waals surface area contributed by atoms with Crippen molar-refractivity contribution in [3.63, 3.8) is 0 Å². The van der Waals surface area contributed by atoms with Gasteiger partial charge in [-0.3, -0.25) is 9.48 Å². The first-order chi connectivity index (χ1) is 19.3. The van der Waals surface area contributed by atoms with Crippen LogP contribution in [-0.4, -0.2) is 46.5 Å². The highest BCUT2D eigenvalue weighted by molar-refractivity contribution is 6.34. The number of carbonyl (C=O) groups excluding carboxylic acids is 1. The molecule has 40 heavy (non-hydrogen) atoms. The van der Waals surface area contributed by atoms with Gasteiger partial charge < -0.3 is 19.5 Å². The molecule has 0 radical (unpaired) electrons. The van der Waals surface area contributed by atoms with E-state index < -0.39 is 5.97 Å². The number of amides is 1. The molecule has 0 spiro atoms. The van der Waals surface area contributed by atoms with Gasteiger partial charge in [0, 0.05) is 23.7 Å². The van der Waals surface area contributed by atoms with Crippen LogP contribution < -0.4 is 14.4 Å². The van der Waals surface area contributed by atoms with Gasteiger partial charge in [-0.05, 0) is 55.2 Å². The number of aromatic nitrogens is 2. The van der Waals surface area contributed by atoms with Crippen LogP contribution in [0.2, 0.25) is 5.02 Å². The second kappa shape index (κ2) is 11.8. The lowest BCUT2D eigenvalue weighted by Crippen LogP contribution is -2.38. The molecule has 1 aliphatic heterocycles. The van der Waals surface area contributed by atoms with Crippen LogP contribution >= 0.6 is 11.6 Å². The second-order valence-electron chi connectivity index (χ2n) is 9.71. The molecule has 0 bridgehead atoms. The van der Waals surface area contributed by atoms with Gasteiger partial charge in [0.15, 0.2) is 5.75 Å². The third kappa shape index (κ3) is 5.67. The summed E-state index contributed by atoms with van der Waals surface area (Å²) in [5.74, 6) is 0.439. The number of rotatable bonds is 9. The maximum Gasteiger partial charge on any atom is 0.337 e. The maximum atomic E-state index is 13.2. The minimum Gasteiger partial charge on any atom is -0.493 e. The molecule has 0 aliphatic carbocycles. The van der Waals surface area contributed by atoms with Crippen LogP contribution in [0.4, 0.5) is 5.69 Å². The first-order valence-corrected chi connectivity index (χ1v) is 13.5. The van der Waals surface area contributed by atoms with Gasteiger partial charge in [0.05, 0.1) is 42.2 Å². The van der Waals surface area contributed by atoms with Crippen molar-refractivity contribution < 1.29 is 24.2 Å². The fraction of sp³-hybridized carbons (Fsp3) is 0.258. The summed E-state index contributed by atoms with van der Waals surface area (Å²) in [7, 11) is 0. The molecule has 0 fully saturated rings. The fourth-order valence-electron chi connectivity index (χ4n) is 4.79. The Morgan fingerprint density at radius 1 is 1.10 bits per heavy atom. The Hall–Kier alpha value is -4.30. The van der Waals surface area contributed by atoms with Crippen molar-refractivity contribution in [2.24, 2.45) is 0 Å². The molecule has 4 aromatic rings. The third-order valence-corrected chi connectivity index (χ3v) is 7.53. The van der Waals surface area contributed by atoms with E-state index in [1.54, 1.807) is 27.9 Å². The predicted molar refractivity (Wildman–Crippen MR) is 154 cm³/mol. The third-order valence-electron chi connectivity index (χ3n) is 7.08. The number of ether oxygens (including phenoxy) is 2. The van der Waals surface area contributed by atoms with Crippen molar-refractivity contribution >= 4 is 29.2 Å². The molecule has 8 nitrogen and oxygen atoms in total. The number of aryl methyl sites for hydroxylation is 1. The molecule has 1 amide bonds. The number of anilines is 1. The lowest BCUT2D eigenvalue weighted by molar-refractivity contribution is -0.119. The minimum atomic E-state index is -1.07. The fourth-order valence-corrected chi connectivity index (χ4v) is 5.05. The van der Waals surface area contributed by atoms with E-state index in [4.69, 9.17) is 21.1 Å². The summed E-state index contributed by atoms with van der Waals surface area (Å²) >= 11 is 6.32. The summed E-state index contributed by atoms with van der Waals surface area (Å²) in [5, 5.41) is 14.0. The molecule has 0 saturated carbocycles. The van der Waals surface area contributed by atoms with Gasteiger partial charge in [-0.25, -0.2) is 4.79 Å². The number of halogens is 1. The smallest absolute Gasteiger partial charge is 0.337 e. The zero-order valence-electron chi connectivity index (χ0n) is 22.4. The molecule has 1 aromatic heterocycles. The summed E-state index contributed by atoms with van der Waals surface area (Å²) in [6.45, 7) is 5.73. The first-order valence-electron chi connectivity index (χ1n) is 13.1. The van der Waals surface area contributed by atoms with Crippen LogP contribution in [0.1, 0.15) is 39.9 Å². The Morgan fingerprint density at radius 3 is 2.73 bits per heavy atom. The molecule has 206 valence electrons. The number of benzene rings is 3. The quantitative estimate of drug-likeness (QED) is 0.247. The highest BCUT2D eigenvalue weighted by atomic mass is 35.5. The Bertz CT molecular complexity index is 1560. The molecular formula is C31H30ClN3O5. The zero-order chi connectivity index (χ0) is 28.2.